The summed E-state index contributed by atoms with van der Waals surface area (Å²) in [5.41, 5.74) is 1.41. The Morgan fingerprint density at radius 2 is 2.27 bits per heavy atom. The third kappa shape index (κ3) is 2.93. The number of aliphatic hydroxyl groups is 1. The topological polar surface area (TPSA) is 47.3 Å². The summed E-state index contributed by atoms with van der Waals surface area (Å²) in [5, 5.41) is 14.5. The van der Waals surface area contributed by atoms with E-state index in [1.54, 1.807) is 11.7 Å². The molecule has 5 heteroatoms. The number of rotatable bonds is 5. The Morgan fingerprint density at radius 3 is 2.73 bits per heavy atom. The van der Waals surface area contributed by atoms with Crippen LogP contribution in [-0.4, -0.2) is 28.1 Å². The Hall–Kier alpha value is -0.580. The Kier molecular flexibility index (Phi) is 4.57. The van der Waals surface area contributed by atoms with Gasteiger partial charge in [0.1, 0.15) is 11.3 Å². The lowest BCUT2D eigenvalue weighted by Crippen LogP contribution is -2.08. The molecule has 0 aliphatic rings. The second kappa shape index (κ2) is 5.49. The van der Waals surface area contributed by atoms with E-state index in [4.69, 9.17) is 16.3 Å². The molecular formula is C10H17ClN2O2. The molecule has 0 amide bonds. The molecule has 0 fully saturated rings. The van der Waals surface area contributed by atoms with Crippen LogP contribution < -0.4 is 0 Å². The van der Waals surface area contributed by atoms with E-state index in [1.807, 2.05) is 13.8 Å². The van der Waals surface area contributed by atoms with Gasteiger partial charge in [-0.15, -0.1) is 0 Å². The largest absolute Gasteiger partial charge is 0.386 e. The van der Waals surface area contributed by atoms with Crippen LogP contribution in [-0.2, 0) is 11.8 Å². The van der Waals surface area contributed by atoms with Crippen LogP contribution >= 0.6 is 11.6 Å². The van der Waals surface area contributed by atoms with Crippen molar-refractivity contribution in [2.75, 3.05) is 13.2 Å². The van der Waals surface area contributed by atoms with Crippen LogP contribution in [0.4, 0.5) is 0 Å². The van der Waals surface area contributed by atoms with E-state index in [9.17, 15) is 5.11 Å². The fraction of sp³-hybridized carbons (Fsp3) is 0.700. The number of nitrogens with zero attached hydrogens (tertiary/aromatic N) is 2. The third-order valence-corrected chi connectivity index (χ3v) is 2.60. The maximum atomic E-state index is 9.86. The van der Waals surface area contributed by atoms with Crippen LogP contribution in [0.2, 0.25) is 5.15 Å². The molecule has 1 heterocycles. The number of halogens is 1. The molecule has 4 nitrogen and oxygen atoms in total. The minimum atomic E-state index is -0.697. The van der Waals surface area contributed by atoms with Gasteiger partial charge in [0.2, 0.25) is 0 Å². The van der Waals surface area contributed by atoms with Gasteiger partial charge in [-0.3, -0.25) is 4.68 Å². The number of aryl methyl sites for hydroxylation is 2. The van der Waals surface area contributed by atoms with Crippen molar-refractivity contribution in [3.05, 3.63) is 16.4 Å². The molecule has 1 rings (SSSR count). The van der Waals surface area contributed by atoms with Crippen molar-refractivity contribution < 1.29 is 9.84 Å². The van der Waals surface area contributed by atoms with Crippen LogP contribution in [0.5, 0.6) is 0 Å². The zero-order chi connectivity index (χ0) is 11.4. The molecule has 1 atom stereocenters. The molecule has 1 unspecified atom stereocenters. The van der Waals surface area contributed by atoms with Crippen molar-refractivity contribution in [2.24, 2.45) is 7.05 Å². The van der Waals surface area contributed by atoms with E-state index in [-0.39, 0.29) is 6.61 Å². The zero-order valence-corrected chi connectivity index (χ0v) is 10.1. The lowest BCUT2D eigenvalue weighted by atomic mass is 10.1. The second-order valence-electron chi connectivity index (χ2n) is 3.50. The normalized spacial score (nSPS) is 13.1. The van der Waals surface area contributed by atoms with E-state index in [1.165, 1.54) is 0 Å². The molecular weight excluding hydrogens is 216 g/mol. The highest BCUT2D eigenvalue weighted by Gasteiger charge is 2.19. The molecule has 1 N–H and O–H groups in total. The molecule has 86 valence electrons. The van der Waals surface area contributed by atoms with Crippen LogP contribution in [0.3, 0.4) is 0 Å². The summed E-state index contributed by atoms with van der Waals surface area (Å²) in [6, 6.07) is 0. The minimum absolute atomic E-state index is 0.264. The highest BCUT2D eigenvalue weighted by molar-refractivity contribution is 6.30. The van der Waals surface area contributed by atoms with Crippen molar-refractivity contribution in [1.82, 2.24) is 9.78 Å². The van der Waals surface area contributed by atoms with Gasteiger partial charge in [-0.1, -0.05) is 18.5 Å². The summed E-state index contributed by atoms with van der Waals surface area (Å²) in [4.78, 5) is 0. The highest BCUT2D eigenvalue weighted by atomic mass is 35.5. The maximum Gasteiger partial charge on any atom is 0.132 e. The lowest BCUT2D eigenvalue weighted by Gasteiger charge is -2.10. The lowest BCUT2D eigenvalue weighted by molar-refractivity contribution is 0.0361. The number of ether oxygens (including phenoxy) is 1. The molecule has 0 aromatic carbocycles. The first kappa shape index (κ1) is 12.5. The summed E-state index contributed by atoms with van der Waals surface area (Å²) in [7, 11) is 1.75. The summed E-state index contributed by atoms with van der Waals surface area (Å²) in [6.45, 7) is 4.76. The van der Waals surface area contributed by atoms with Gasteiger partial charge in [-0.2, -0.15) is 5.10 Å². The van der Waals surface area contributed by atoms with E-state index in [0.717, 1.165) is 12.1 Å². The predicted molar refractivity (Wildman–Crippen MR) is 59.0 cm³/mol. The first-order chi connectivity index (χ1) is 7.07. The molecule has 0 saturated heterocycles. The van der Waals surface area contributed by atoms with Crippen molar-refractivity contribution in [3.63, 3.8) is 0 Å². The molecule has 0 aliphatic carbocycles. The number of aromatic nitrogens is 2. The van der Waals surface area contributed by atoms with Gasteiger partial charge in [0.25, 0.3) is 0 Å². The zero-order valence-electron chi connectivity index (χ0n) is 9.33. The number of hydrogen-bond donors (Lipinski definition) is 1. The van der Waals surface area contributed by atoms with Gasteiger partial charge < -0.3 is 9.84 Å². The Morgan fingerprint density at radius 1 is 1.60 bits per heavy atom. The van der Waals surface area contributed by atoms with Crippen molar-refractivity contribution >= 4 is 11.6 Å². The van der Waals surface area contributed by atoms with Gasteiger partial charge in [-0.05, 0) is 13.3 Å². The monoisotopic (exact) mass is 232 g/mol. The minimum Gasteiger partial charge on any atom is -0.386 e. The van der Waals surface area contributed by atoms with Crippen molar-refractivity contribution in [3.8, 4) is 0 Å². The fourth-order valence-corrected chi connectivity index (χ4v) is 1.75. The quantitative estimate of drug-likeness (QED) is 0.789. The van der Waals surface area contributed by atoms with E-state index in [0.29, 0.717) is 17.3 Å². The Bertz CT molecular complexity index is 325. The number of hydrogen-bond acceptors (Lipinski definition) is 3. The summed E-state index contributed by atoms with van der Waals surface area (Å²) in [6.07, 6.45) is 0.240. The Balaban J connectivity index is 2.68. The second-order valence-corrected chi connectivity index (χ2v) is 3.86. The first-order valence-corrected chi connectivity index (χ1v) is 5.40. The average Bonchev–Trinajstić information content (AvgIpc) is 2.41. The van der Waals surface area contributed by atoms with E-state index < -0.39 is 6.10 Å². The average molecular weight is 233 g/mol. The van der Waals surface area contributed by atoms with Gasteiger partial charge in [-0.25, -0.2) is 0 Å². The molecule has 15 heavy (non-hydrogen) atoms. The van der Waals surface area contributed by atoms with Gasteiger partial charge in [0.15, 0.2) is 0 Å². The highest BCUT2D eigenvalue weighted by Crippen LogP contribution is 2.25. The smallest absolute Gasteiger partial charge is 0.132 e. The van der Waals surface area contributed by atoms with Crippen LogP contribution in [0, 0.1) is 6.92 Å². The van der Waals surface area contributed by atoms with Gasteiger partial charge in [0, 0.05) is 19.2 Å². The maximum absolute atomic E-state index is 9.86. The van der Waals surface area contributed by atoms with Crippen LogP contribution in [0.25, 0.3) is 0 Å². The van der Waals surface area contributed by atoms with Gasteiger partial charge in [0.05, 0.1) is 12.3 Å². The van der Waals surface area contributed by atoms with Crippen molar-refractivity contribution in [2.45, 2.75) is 26.4 Å². The number of aliphatic hydroxyl groups excluding tert-OH is 1. The molecule has 0 radical (unpaired) electrons. The molecule has 0 saturated carbocycles. The molecule has 0 bridgehead atoms. The summed E-state index contributed by atoms with van der Waals surface area (Å²) >= 11 is 6.01. The first-order valence-electron chi connectivity index (χ1n) is 5.02. The van der Waals surface area contributed by atoms with E-state index in [2.05, 4.69) is 5.10 Å². The molecule has 1 aromatic heterocycles. The fourth-order valence-electron chi connectivity index (χ4n) is 1.45. The molecule has 0 spiro atoms. The standard InChI is InChI=1S/C10H17ClN2O2/c1-4-5-15-6-8(14)9-7(2)12-13(3)10(9)11/h8,14H,4-6H2,1-3H3. The SMILES string of the molecule is CCCOCC(O)c1c(C)nn(C)c1Cl. The molecule has 0 aliphatic heterocycles. The van der Waals surface area contributed by atoms with Crippen molar-refractivity contribution in [1.29, 1.82) is 0 Å². The van der Waals surface area contributed by atoms with Gasteiger partial charge >= 0.3 is 0 Å². The van der Waals surface area contributed by atoms with Crippen LogP contribution in [0.15, 0.2) is 0 Å². The van der Waals surface area contributed by atoms with Crippen LogP contribution in [0.1, 0.15) is 30.7 Å². The predicted octanol–water partition coefficient (Wildman–Crippen LogP) is 1.84. The molecule has 1 aromatic rings. The Labute approximate surface area is 94.8 Å². The summed E-state index contributed by atoms with van der Waals surface area (Å²) in [5.74, 6) is 0. The third-order valence-electron chi connectivity index (χ3n) is 2.15. The summed E-state index contributed by atoms with van der Waals surface area (Å²) < 4.78 is 6.82. The van der Waals surface area contributed by atoms with E-state index >= 15 is 0 Å².